The van der Waals surface area contributed by atoms with Gasteiger partial charge in [0.25, 0.3) is 0 Å². The summed E-state index contributed by atoms with van der Waals surface area (Å²) in [6, 6.07) is -1.85. The van der Waals surface area contributed by atoms with Gasteiger partial charge in [0.05, 0.1) is 0 Å². The molecule has 0 aliphatic heterocycles. The first-order valence-electron chi connectivity index (χ1n) is 4.29. The molecule has 0 heterocycles. The molecule has 0 amide bonds. The van der Waals surface area contributed by atoms with Crippen molar-refractivity contribution in [3.05, 3.63) is 0 Å². The van der Waals surface area contributed by atoms with Crippen molar-refractivity contribution >= 4 is 39.7 Å². The Hall–Kier alpha value is -0.170. The summed E-state index contributed by atoms with van der Waals surface area (Å²) in [6.45, 7) is 0. The molecule has 0 spiro atoms. The third-order valence-corrected chi connectivity index (χ3v) is 3.69. The van der Waals surface area contributed by atoms with Crippen LogP contribution in [-0.4, -0.2) is 57.0 Å². The Kier molecular flexibility index (Phi) is 17.9. The van der Waals surface area contributed by atoms with Gasteiger partial charge >= 0.3 is 41.5 Å². The van der Waals surface area contributed by atoms with E-state index in [1.165, 1.54) is 21.6 Å². The molecule has 0 radical (unpaired) electrons. The van der Waals surface area contributed by atoms with Crippen molar-refractivity contribution in [2.24, 2.45) is 11.5 Å². The molecule has 0 aromatic carbocycles. The van der Waals surface area contributed by atoms with Gasteiger partial charge in [-0.3, -0.25) is 9.59 Å². The minimum Gasteiger partial charge on any atom is -0.565 e. The number of nitrogens with two attached hydrogens (primary N) is 2. The van der Waals surface area contributed by atoms with E-state index in [1.54, 1.807) is 0 Å². The molecule has 0 fully saturated rings. The number of carbonyl (C=O) groups is 3. The van der Waals surface area contributed by atoms with Gasteiger partial charge in [-0.1, -0.05) is 21.6 Å². The quantitative estimate of drug-likeness (QED) is 0.171. The van der Waals surface area contributed by atoms with Crippen molar-refractivity contribution in [1.29, 1.82) is 0 Å². The average molecular weight is 324 g/mol. The molecular formula is C7H13N2NaO7S2. The minimum absolute atomic E-state index is 0. The van der Waals surface area contributed by atoms with E-state index in [9.17, 15) is 9.59 Å². The van der Waals surface area contributed by atoms with E-state index in [0.717, 1.165) is 0 Å². The zero-order chi connectivity index (χ0) is 14.7. The Morgan fingerprint density at radius 2 is 1.16 bits per heavy atom. The Morgan fingerprint density at radius 3 is 1.32 bits per heavy atom. The summed E-state index contributed by atoms with van der Waals surface area (Å²) in [5, 5.41) is 32.1. The Labute approximate surface area is 138 Å². The van der Waals surface area contributed by atoms with E-state index in [2.05, 4.69) is 0 Å². The molecule has 0 aromatic heterocycles. The van der Waals surface area contributed by atoms with E-state index in [4.69, 9.17) is 36.7 Å². The summed E-state index contributed by atoms with van der Waals surface area (Å²) in [6.07, 6.45) is -2.08. The topological polar surface area (TPSA) is 187 Å². The third-order valence-electron chi connectivity index (χ3n) is 1.21. The summed E-state index contributed by atoms with van der Waals surface area (Å²) in [7, 11) is 2.41. The van der Waals surface area contributed by atoms with Crippen LogP contribution in [0.4, 0.5) is 4.79 Å². The second-order valence-corrected chi connectivity index (χ2v) is 5.28. The molecule has 0 aromatic rings. The second-order valence-electron chi connectivity index (χ2n) is 2.72. The fourth-order valence-electron chi connectivity index (χ4n) is 0.385. The smallest absolute Gasteiger partial charge is 0.565 e. The van der Waals surface area contributed by atoms with Gasteiger partial charge in [0.2, 0.25) is 6.16 Å². The molecular weight excluding hydrogens is 311 g/mol. The van der Waals surface area contributed by atoms with Gasteiger partial charge < -0.3 is 36.7 Å². The molecule has 7 N–H and O–H groups in total. The number of hydrogen-bond donors (Lipinski definition) is 5. The number of carboxylic acids is 2. The molecule has 0 bridgehead atoms. The molecule has 0 unspecified atom stereocenters. The van der Waals surface area contributed by atoms with Crippen LogP contribution in [0.5, 0.6) is 0 Å². The number of aliphatic carboxylic acids is 2. The zero-order valence-electron chi connectivity index (χ0n) is 10.0. The monoisotopic (exact) mass is 324 g/mol. The van der Waals surface area contributed by atoms with Crippen molar-refractivity contribution in [3.63, 3.8) is 0 Å². The standard InChI is InChI=1S/C6H12N2O4S2.CH2O3.Na/c7-3(5(9)10)1-13-14-2-4(8)6(11)12;2-1(3)4;/h3-4H,1-2,7-8H2,(H,9,10)(H,11,12);(H2,2,3,4);/q;;+1/p-1/t3-,4-;;/m0../s1. The summed E-state index contributed by atoms with van der Waals surface area (Å²) in [5.41, 5.74) is 10.4. The molecule has 0 saturated heterocycles. The van der Waals surface area contributed by atoms with Crippen LogP contribution in [0, 0.1) is 0 Å². The second kappa shape index (κ2) is 14.2. The molecule has 19 heavy (non-hydrogen) atoms. The van der Waals surface area contributed by atoms with E-state index in [1.807, 2.05) is 0 Å². The molecule has 0 aliphatic carbocycles. The van der Waals surface area contributed by atoms with Gasteiger partial charge in [-0.2, -0.15) is 0 Å². The minimum atomic E-state index is -2.08. The number of rotatable bonds is 7. The Bertz CT molecular complexity index is 269. The van der Waals surface area contributed by atoms with Crippen LogP contribution >= 0.6 is 21.6 Å². The van der Waals surface area contributed by atoms with Gasteiger partial charge in [0, 0.05) is 11.5 Å². The van der Waals surface area contributed by atoms with Crippen molar-refractivity contribution in [1.82, 2.24) is 0 Å². The van der Waals surface area contributed by atoms with Crippen molar-refractivity contribution in [2.45, 2.75) is 12.1 Å². The van der Waals surface area contributed by atoms with E-state index in [-0.39, 0.29) is 41.1 Å². The first-order valence-corrected chi connectivity index (χ1v) is 6.78. The zero-order valence-corrected chi connectivity index (χ0v) is 13.6. The van der Waals surface area contributed by atoms with Crippen LogP contribution in [0.15, 0.2) is 0 Å². The summed E-state index contributed by atoms with van der Waals surface area (Å²) >= 11 is 0. The maximum Gasteiger partial charge on any atom is 1.00 e. The van der Waals surface area contributed by atoms with Gasteiger partial charge in [0.1, 0.15) is 12.1 Å². The van der Waals surface area contributed by atoms with E-state index < -0.39 is 30.2 Å². The Balaban J connectivity index is -0.000000448. The van der Waals surface area contributed by atoms with Crippen LogP contribution in [0.25, 0.3) is 0 Å². The predicted molar refractivity (Wildman–Crippen MR) is 64.2 cm³/mol. The molecule has 106 valence electrons. The van der Waals surface area contributed by atoms with Crippen molar-refractivity contribution < 1.29 is 64.4 Å². The van der Waals surface area contributed by atoms with Crippen molar-refractivity contribution in [3.8, 4) is 0 Å². The first-order chi connectivity index (χ1) is 8.18. The molecule has 2 atom stereocenters. The molecule has 12 heteroatoms. The summed E-state index contributed by atoms with van der Waals surface area (Å²) < 4.78 is 0. The fraction of sp³-hybridized carbons (Fsp3) is 0.571. The predicted octanol–water partition coefficient (Wildman–Crippen LogP) is -4.92. The number of carboxylic acid groups (broad SMARTS) is 4. The molecule has 0 saturated carbocycles. The van der Waals surface area contributed by atoms with Gasteiger partial charge in [-0.05, 0) is 0 Å². The number of hydrogen-bond acceptors (Lipinski definition) is 8. The maximum atomic E-state index is 10.3. The fourth-order valence-corrected chi connectivity index (χ4v) is 2.61. The summed E-state index contributed by atoms with van der Waals surface area (Å²) in [4.78, 5) is 29.0. The van der Waals surface area contributed by atoms with E-state index in [0.29, 0.717) is 0 Å². The largest absolute Gasteiger partial charge is 1.00 e. The molecule has 9 nitrogen and oxygen atoms in total. The average Bonchev–Trinajstić information content (AvgIpc) is 2.22. The van der Waals surface area contributed by atoms with Crippen molar-refractivity contribution in [2.75, 3.05) is 11.5 Å². The van der Waals surface area contributed by atoms with E-state index >= 15 is 0 Å². The first kappa shape index (κ1) is 23.9. The van der Waals surface area contributed by atoms with Crippen LogP contribution in [0.3, 0.4) is 0 Å². The van der Waals surface area contributed by atoms with Crippen LogP contribution in [-0.2, 0) is 9.59 Å². The molecule has 0 aliphatic rings. The summed E-state index contributed by atoms with van der Waals surface area (Å²) in [5.74, 6) is -1.68. The SMILES string of the molecule is N[C@@H](CSSC[C@H](N)C(=O)O)C(=O)O.O=C([O-])O.[Na+]. The van der Waals surface area contributed by atoms with Crippen LogP contribution in [0.2, 0.25) is 0 Å². The molecule has 0 rings (SSSR count). The normalized spacial score (nSPS) is 12.1. The Morgan fingerprint density at radius 1 is 0.947 bits per heavy atom. The van der Waals surface area contributed by atoms with Gasteiger partial charge in [-0.25, -0.2) is 0 Å². The van der Waals surface area contributed by atoms with Crippen LogP contribution in [0.1, 0.15) is 0 Å². The van der Waals surface area contributed by atoms with Gasteiger partial charge in [0.15, 0.2) is 0 Å². The third kappa shape index (κ3) is 20.3. The van der Waals surface area contributed by atoms with Crippen LogP contribution < -0.4 is 46.1 Å². The maximum absolute atomic E-state index is 10.3. The van der Waals surface area contributed by atoms with Gasteiger partial charge in [-0.15, -0.1) is 0 Å².